The lowest BCUT2D eigenvalue weighted by atomic mass is 10.1. The zero-order valence-electron chi connectivity index (χ0n) is 18.5. The van der Waals surface area contributed by atoms with Gasteiger partial charge in [-0.15, -0.1) is 0 Å². The van der Waals surface area contributed by atoms with Crippen LogP contribution < -0.4 is 5.32 Å². The van der Waals surface area contributed by atoms with Crippen LogP contribution in [0.15, 0.2) is 18.2 Å². The van der Waals surface area contributed by atoms with Gasteiger partial charge in [0.25, 0.3) is 0 Å². The van der Waals surface area contributed by atoms with E-state index in [2.05, 4.69) is 5.32 Å². The SMILES string of the molecule is [2H]C([2H])(O)C([2H])(O)C([2H])([2H])N1CCN(CC(=O)Nc2c(C)cccc2C)CC1. The predicted molar refractivity (Wildman–Crippen MR) is 90.5 cm³/mol. The second kappa shape index (κ2) is 8.40. The van der Waals surface area contributed by atoms with E-state index >= 15 is 0 Å². The summed E-state index contributed by atoms with van der Waals surface area (Å²) in [6, 6.07) is 5.73. The number of aliphatic hydroxyl groups is 2. The second-order valence-corrected chi connectivity index (χ2v) is 5.65. The third-order valence-electron chi connectivity index (χ3n) is 3.85. The molecule has 1 heterocycles. The highest BCUT2D eigenvalue weighted by atomic mass is 16.3. The Morgan fingerprint density at radius 2 is 1.87 bits per heavy atom. The number of benzene rings is 1. The minimum atomic E-state index is -3.43. The summed E-state index contributed by atoms with van der Waals surface area (Å²) in [5, 5.41) is 22.1. The van der Waals surface area contributed by atoms with Gasteiger partial charge in [-0.25, -0.2) is 0 Å². The molecular formula is C17H27N3O3. The van der Waals surface area contributed by atoms with E-state index in [1.54, 1.807) is 0 Å². The Labute approximate surface area is 144 Å². The molecule has 0 spiro atoms. The molecule has 0 saturated carbocycles. The van der Waals surface area contributed by atoms with Gasteiger partial charge in [0.15, 0.2) is 0 Å². The van der Waals surface area contributed by atoms with Crippen LogP contribution in [0.5, 0.6) is 0 Å². The Hall–Kier alpha value is -1.47. The number of amides is 1. The zero-order chi connectivity index (χ0) is 21.3. The summed E-state index contributed by atoms with van der Waals surface area (Å²) in [6.07, 6.45) is -3.36. The molecule has 0 aromatic heterocycles. The number of aryl methyl sites for hydroxylation is 2. The minimum Gasteiger partial charge on any atom is -0.394 e. The van der Waals surface area contributed by atoms with Gasteiger partial charge in [-0.1, -0.05) is 18.2 Å². The Kier molecular flexibility index (Phi) is 4.37. The van der Waals surface area contributed by atoms with Crippen LogP contribution in [-0.4, -0.2) is 77.8 Å². The van der Waals surface area contributed by atoms with E-state index in [-0.39, 0.29) is 25.5 Å². The van der Waals surface area contributed by atoms with E-state index in [0.717, 1.165) is 21.7 Å². The van der Waals surface area contributed by atoms with E-state index in [1.807, 2.05) is 36.9 Å². The van der Waals surface area contributed by atoms with Crippen LogP contribution >= 0.6 is 0 Å². The topological polar surface area (TPSA) is 76.0 Å². The van der Waals surface area contributed by atoms with Gasteiger partial charge in [0.05, 0.1) is 23.3 Å². The molecule has 1 fully saturated rings. The molecule has 6 nitrogen and oxygen atoms in total. The van der Waals surface area contributed by atoms with Crippen molar-refractivity contribution in [3.05, 3.63) is 29.3 Å². The monoisotopic (exact) mass is 326 g/mol. The maximum absolute atomic E-state index is 12.4. The summed E-state index contributed by atoms with van der Waals surface area (Å²) in [4.78, 5) is 15.3. The molecule has 1 aromatic rings. The van der Waals surface area contributed by atoms with Crippen LogP contribution in [0.2, 0.25) is 0 Å². The maximum Gasteiger partial charge on any atom is 0.238 e. The Morgan fingerprint density at radius 3 is 2.43 bits per heavy atom. The molecule has 0 bridgehead atoms. The van der Waals surface area contributed by atoms with Crippen LogP contribution in [0.25, 0.3) is 0 Å². The van der Waals surface area contributed by atoms with Crippen molar-refractivity contribution in [2.24, 2.45) is 0 Å². The Bertz CT molecular complexity index is 696. The second-order valence-electron chi connectivity index (χ2n) is 5.65. The van der Waals surface area contributed by atoms with Gasteiger partial charge in [0.1, 0.15) is 0 Å². The van der Waals surface area contributed by atoms with Crippen molar-refractivity contribution in [1.29, 1.82) is 0 Å². The number of hydrogen-bond acceptors (Lipinski definition) is 5. The largest absolute Gasteiger partial charge is 0.394 e. The number of nitrogens with one attached hydrogen (secondary N) is 1. The molecule has 1 aliphatic heterocycles. The van der Waals surface area contributed by atoms with Crippen molar-refractivity contribution in [2.45, 2.75) is 19.9 Å². The van der Waals surface area contributed by atoms with Crippen molar-refractivity contribution >= 4 is 11.6 Å². The van der Waals surface area contributed by atoms with Crippen molar-refractivity contribution < 1.29 is 21.9 Å². The van der Waals surface area contributed by atoms with Crippen LogP contribution in [-0.2, 0) is 4.79 Å². The average molecular weight is 326 g/mol. The molecule has 3 N–H and O–H groups in total. The molecule has 1 atom stereocenters. The lowest BCUT2D eigenvalue weighted by molar-refractivity contribution is -0.117. The first-order valence-corrected chi connectivity index (χ1v) is 7.55. The number of para-hydroxylation sites is 1. The molecule has 0 radical (unpaired) electrons. The summed E-state index contributed by atoms with van der Waals surface area (Å²) in [6.45, 7) is -1.58. The fraction of sp³-hybridized carbons (Fsp3) is 0.588. The quantitative estimate of drug-likeness (QED) is 0.697. The summed E-state index contributed by atoms with van der Waals surface area (Å²) in [5.41, 5.74) is 2.69. The van der Waals surface area contributed by atoms with Crippen LogP contribution in [0.3, 0.4) is 0 Å². The summed E-state index contributed by atoms with van der Waals surface area (Å²) >= 11 is 0. The maximum atomic E-state index is 12.4. The van der Waals surface area contributed by atoms with Crippen molar-refractivity contribution in [3.8, 4) is 0 Å². The highest BCUT2D eigenvalue weighted by Gasteiger charge is 2.20. The number of piperazine rings is 1. The lowest BCUT2D eigenvalue weighted by Crippen LogP contribution is -2.50. The third-order valence-corrected chi connectivity index (χ3v) is 3.85. The molecular weight excluding hydrogens is 294 g/mol. The lowest BCUT2D eigenvalue weighted by Gasteiger charge is -2.35. The fourth-order valence-corrected chi connectivity index (χ4v) is 2.59. The Balaban J connectivity index is 1.94. The smallest absolute Gasteiger partial charge is 0.238 e. The number of rotatable bonds is 6. The number of carbonyl (C=O) groups excluding carboxylic acids is 1. The third kappa shape index (κ3) is 5.28. The number of nitrogens with zero attached hydrogens (tertiary/aromatic N) is 2. The fourth-order valence-electron chi connectivity index (χ4n) is 2.59. The van der Waals surface area contributed by atoms with E-state index in [0.29, 0.717) is 13.1 Å². The zero-order valence-corrected chi connectivity index (χ0v) is 13.5. The average Bonchev–Trinajstić information content (AvgIpc) is 2.57. The molecule has 1 amide bonds. The van der Waals surface area contributed by atoms with E-state index < -0.39 is 19.1 Å². The van der Waals surface area contributed by atoms with Crippen molar-refractivity contribution in [2.75, 3.05) is 51.1 Å². The van der Waals surface area contributed by atoms with E-state index in [1.165, 1.54) is 0 Å². The molecule has 23 heavy (non-hydrogen) atoms. The van der Waals surface area contributed by atoms with Gasteiger partial charge >= 0.3 is 0 Å². The molecule has 128 valence electrons. The van der Waals surface area contributed by atoms with Crippen LogP contribution in [0.4, 0.5) is 5.69 Å². The number of anilines is 1. The standard InChI is InChI=1S/C17H27N3O3/c1-13-4-3-5-14(2)17(13)18-16(23)11-20-8-6-19(7-9-20)10-15(22)12-21/h3-5,15,21-22H,6-12H2,1-2H3,(H,18,23)/i10D2,12D2,15D. The minimum absolute atomic E-state index is 0.0704. The molecule has 1 saturated heterocycles. The van der Waals surface area contributed by atoms with Crippen LogP contribution in [0, 0.1) is 13.8 Å². The molecule has 2 rings (SSSR count). The van der Waals surface area contributed by atoms with Crippen LogP contribution in [0.1, 0.15) is 18.0 Å². The van der Waals surface area contributed by atoms with Gasteiger partial charge in [-0.3, -0.25) is 14.6 Å². The van der Waals surface area contributed by atoms with E-state index in [9.17, 15) is 15.0 Å². The highest BCUT2D eigenvalue weighted by Crippen LogP contribution is 2.19. The Morgan fingerprint density at radius 1 is 1.30 bits per heavy atom. The van der Waals surface area contributed by atoms with Gasteiger partial charge in [0, 0.05) is 41.1 Å². The first kappa shape index (κ1) is 12.0. The van der Waals surface area contributed by atoms with Crippen molar-refractivity contribution in [3.63, 3.8) is 0 Å². The van der Waals surface area contributed by atoms with Gasteiger partial charge < -0.3 is 15.5 Å². The first-order chi connectivity index (χ1) is 12.8. The van der Waals surface area contributed by atoms with E-state index in [4.69, 9.17) is 6.85 Å². The molecule has 1 aliphatic rings. The normalized spacial score (nSPS) is 23.7. The molecule has 6 heteroatoms. The molecule has 1 unspecified atom stereocenters. The summed E-state index contributed by atoms with van der Waals surface area (Å²) in [7, 11) is 0. The highest BCUT2D eigenvalue weighted by molar-refractivity contribution is 5.93. The van der Waals surface area contributed by atoms with Crippen molar-refractivity contribution in [1.82, 2.24) is 9.80 Å². The number of carbonyl (C=O) groups is 1. The number of β-amino-alcohol motifs (C(OH)–C–C–N with tert-alkyl or cyclic N) is 1. The first-order valence-electron chi connectivity index (χ1n) is 10.1. The molecule has 0 aliphatic carbocycles. The number of hydrogen-bond donors (Lipinski definition) is 3. The van der Waals surface area contributed by atoms with Gasteiger partial charge in [-0.05, 0) is 25.0 Å². The van der Waals surface area contributed by atoms with Gasteiger partial charge in [-0.2, -0.15) is 0 Å². The van der Waals surface area contributed by atoms with Gasteiger partial charge in [0.2, 0.25) is 5.91 Å². The molecule has 1 aromatic carbocycles. The summed E-state index contributed by atoms with van der Waals surface area (Å²) in [5.74, 6) is -0.197. The predicted octanol–water partition coefficient (Wildman–Crippen LogP) is 0.213. The summed E-state index contributed by atoms with van der Waals surface area (Å²) < 4.78 is 37.7.